The Morgan fingerprint density at radius 2 is 1.57 bits per heavy atom. The highest BCUT2D eigenvalue weighted by molar-refractivity contribution is 5.84. The first kappa shape index (κ1) is 42.6. The molecule has 1 amide bonds. The Morgan fingerprint density at radius 3 is 2.04 bits per heavy atom. The number of nitrogens with zero attached hydrogens (tertiary/aromatic N) is 1. The van der Waals surface area contributed by atoms with Gasteiger partial charge in [-0.25, -0.2) is 0 Å². The van der Waals surface area contributed by atoms with Crippen molar-refractivity contribution in [3.05, 3.63) is 36.8 Å². The molecule has 0 aromatic carbocycles. The van der Waals surface area contributed by atoms with Crippen molar-refractivity contribution in [3.63, 3.8) is 0 Å². The molecule has 5 aliphatic rings. The smallest absolute Gasteiger partial charge is 0.305 e. The lowest BCUT2D eigenvalue weighted by molar-refractivity contribution is -0.144. The first-order chi connectivity index (χ1) is 24.3. The lowest BCUT2D eigenvalue weighted by Gasteiger charge is -2.40. The van der Waals surface area contributed by atoms with Crippen molar-refractivity contribution in [1.29, 1.82) is 0 Å². The summed E-state index contributed by atoms with van der Waals surface area (Å²) >= 11 is 0. The molecule has 8 nitrogen and oxygen atoms in total. The molecule has 3 N–H and O–H groups in total. The second kappa shape index (κ2) is 21.1. The van der Waals surface area contributed by atoms with Gasteiger partial charge in [0.2, 0.25) is 5.91 Å². The molecular formula is C43H74N4O4. The third-order valence-corrected chi connectivity index (χ3v) is 11.7. The number of nitrogens with one attached hydrogen (secondary N) is 3. The van der Waals surface area contributed by atoms with Gasteiger partial charge < -0.3 is 25.6 Å². The van der Waals surface area contributed by atoms with Crippen LogP contribution in [0.4, 0.5) is 0 Å². The van der Waals surface area contributed by atoms with E-state index in [9.17, 15) is 14.4 Å². The van der Waals surface area contributed by atoms with E-state index in [2.05, 4.69) is 77.2 Å². The van der Waals surface area contributed by atoms with Crippen LogP contribution >= 0.6 is 0 Å². The maximum atomic E-state index is 14.2. The number of rotatable bonds is 18. The average Bonchev–Trinajstić information content (AvgIpc) is 3.71. The number of unbranched alkanes of at least 4 members (excludes halogenated alkanes) is 1. The quantitative estimate of drug-likeness (QED) is 0.0568. The van der Waals surface area contributed by atoms with Crippen LogP contribution in [0.5, 0.6) is 0 Å². The van der Waals surface area contributed by atoms with Crippen molar-refractivity contribution in [2.24, 2.45) is 35.0 Å². The van der Waals surface area contributed by atoms with E-state index >= 15 is 0 Å². The van der Waals surface area contributed by atoms with Crippen LogP contribution in [0.15, 0.2) is 36.8 Å². The van der Waals surface area contributed by atoms with Gasteiger partial charge in [0.05, 0.1) is 24.5 Å². The molecule has 290 valence electrons. The maximum Gasteiger partial charge on any atom is 0.305 e. The number of hydrogen-bond donors (Lipinski definition) is 3. The summed E-state index contributed by atoms with van der Waals surface area (Å²) in [6, 6.07) is -0.749. The summed E-state index contributed by atoms with van der Waals surface area (Å²) in [6.45, 7) is 27.3. The zero-order valence-corrected chi connectivity index (χ0v) is 33.3. The summed E-state index contributed by atoms with van der Waals surface area (Å²) in [6.07, 6.45) is 19.5. The van der Waals surface area contributed by atoms with E-state index in [-0.39, 0.29) is 29.4 Å². The van der Waals surface area contributed by atoms with Crippen LogP contribution in [0.2, 0.25) is 0 Å². The zero-order chi connectivity index (χ0) is 37.6. The Hall–Kier alpha value is -2.77. The summed E-state index contributed by atoms with van der Waals surface area (Å²) in [5.41, 5.74) is 0.997. The molecule has 1 saturated heterocycles. The Morgan fingerprint density at radius 1 is 0.902 bits per heavy atom. The van der Waals surface area contributed by atoms with Crippen molar-refractivity contribution in [2.75, 3.05) is 19.7 Å². The molecule has 5 fully saturated rings. The Kier molecular flexibility index (Phi) is 17.6. The van der Waals surface area contributed by atoms with Gasteiger partial charge >= 0.3 is 5.97 Å². The van der Waals surface area contributed by atoms with Crippen molar-refractivity contribution in [3.8, 4) is 0 Å². The molecule has 8 heteroatoms. The van der Waals surface area contributed by atoms with E-state index in [0.29, 0.717) is 67.6 Å². The number of fused-ring (bicyclic) bond motifs is 1. The Labute approximate surface area is 311 Å². The van der Waals surface area contributed by atoms with Crippen LogP contribution in [-0.2, 0) is 19.1 Å². The van der Waals surface area contributed by atoms with Crippen molar-refractivity contribution in [1.82, 2.24) is 20.9 Å². The van der Waals surface area contributed by atoms with Crippen LogP contribution in [0.3, 0.4) is 0 Å². The average molecular weight is 711 g/mol. The van der Waals surface area contributed by atoms with Crippen LogP contribution in [0.1, 0.15) is 144 Å². The van der Waals surface area contributed by atoms with Gasteiger partial charge in [-0.15, -0.1) is 0 Å². The first-order valence-electron chi connectivity index (χ1n) is 20.5. The normalized spacial score (nSPS) is 23.7. The first-order valence-corrected chi connectivity index (χ1v) is 20.5. The molecule has 1 aliphatic heterocycles. The lowest BCUT2D eigenvalue weighted by atomic mass is 9.72. The third kappa shape index (κ3) is 13.9. The van der Waals surface area contributed by atoms with Gasteiger partial charge in [0, 0.05) is 30.8 Å². The van der Waals surface area contributed by atoms with Crippen molar-refractivity contribution >= 4 is 18.2 Å². The number of aldehydes is 1. The number of ether oxygens (including phenoxy) is 1. The van der Waals surface area contributed by atoms with Gasteiger partial charge in [-0.1, -0.05) is 119 Å². The molecule has 0 bridgehead atoms. The van der Waals surface area contributed by atoms with Gasteiger partial charge in [0.1, 0.15) is 12.3 Å². The molecular weight excluding hydrogens is 636 g/mol. The van der Waals surface area contributed by atoms with E-state index in [4.69, 9.17) is 4.74 Å². The van der Waals surface area contributed by atoms with Gasteiger partial charge in [0.15, 0.2) is 0 Å². The maximum absolute atomic E-state index is 14.2. The number of amides is 1. The molecule has 0 aromatic heterocycles. The number of carbonyl (C=O) groups excluding carboxylic acids is 3. The van der Waals surface area contributed by atoms with E-state index in [1.165, 1.54) is 57.8 Å². The number of carbonyl (C=O) groups is 3. The predicted molar refractivity (Wildman–Crippen MR) is 210 cm³/mol. The molecule has 0 aromatic rings. The van der Waals surface area contributed by atoms with Crippen LogP contribution in [-0.4, -0.2) is 60.9 Å². The fourth-order valence-electron chi connectivity index (χ4n) is 7.47. The summed E-state index contributed by atoms with van der Waals surface area (Å²) in [5.74, 6) is 3.53. The molecule has 51 heavy (non-hydrogen) atoms. The summed E-state index contributed by atoms with van der Waals surface area (Å²) in [5, 5.41) is 10.2. The Balaban J connectivity index is 0.000000609. The highest BCUT2D eigenvalue weighted by Gasteiger charge is 2.52. The summed E-state index contributed by atoms with van der Waals surface area (Å²) in [4.78, 5) is 39.8. The molecule has 5 rings (SSSR count). The molecule has 5 atom stereocenters. The van der Waals surface area contributed by atoms with Crippen LogP contribution in [0, 0.1) is 35.0 Å². The fourth-order valence-corrected chi connectivity index (χ4v) is 7.47. The minimum Gasteiger partial charge on any atom is -0.465 e. The van der Waals surface area contributed by atoms with E-state index in [1.54, 1.807) is 0 Å². The molecule has 0 radical (unpaired) electrons. The monoisotopic (exact) mass is 711 g/mol. The largest absolute Gasteiger partial charge is 0.465 e. The second-order valence-electron chi connectivity index (χ2n) is 17.4. The second-order valence-corrected chi connectivity index (χ2v) is 17.4. The number of esters is 1. The summed E-state index contributed by atoms with van der Waals surface area (Å²) < 4.78 is 5.30. The number of hydrogen-bond acceptors (Lipinski definition) is 7. The fraction of sp³-hybridized carbons (Fsp3) is 0.791. The van der Waals surface area contributed by atoms with Crippen molar-refractivity contribution in [2.45, 2.75) is 162 Å². The van der Waals surface area contributed by atoms with Gasteiger partial charge in [-0.2, -0.15) is 0 Å². The van der Waals surface area contributed by atoms with E-state index < -0.39 is 6.04 Å². The van der Waals surface area contributed by atoms with Gasteiger partial charge in [-0.3, -0.25) is 14.4 Å². The zero-order valence-electron chi connectivity index (χ0n) is 33.3. The Bertz CT molecular complexity index is 1150. The van der Waals surface area contributed by atoms with Crippen LogP contribution in [0.25, 0.3) is 0 Å². The summed E-state index contributed by atoms with van der Waals surface area (Å²) in [7, 11) is 0. The van der Waals surface area contributed by atoms with Gasteiger partial charge in [0.25, 0.3) is 0 Å². The minimum atomic E-state index is -0.491. The molecule has 4 saturated carbocycles. The van der Waals surface area contributed by atoms with Crippen LogP contribution < -0.4 is 16.0 Å². The van der Waals surface area contributed by atoms with E-state index in [1.807, 2.05) is 4.90 Å². The SMILES string of the molecule is C=C(NCCCC(=O)OCC1CC1)NC(C(=O)N1C[C@@H]2CC[C@@H]2C1C(=C)NC(CC1CCC1)C(=C)C=O)C(C)(C)C.CC1CCCC1.CCCC. The lowest BCUT2D eigenvalue weighted by Crippen LogP contribution is -2.56. The molecule has 4 aliphatic carbocycles. The molecule has 0 spiro atoms. The standard InChI is InChI=1S/C33H52N4O4.C6H12.C4H10/c1-21(19-38)28(17-24-9-7-10-24)35-22(2)30-27-15-14-26(27)18-37(30)32(40)31(33(4,5)6)36-23(3)34-16-8-11-29(39)41-20-25-12-13-25;1-6-4-2-3-5-6;1-3-4-2/h19,24-28,30-31,34-36H,1-3,7-18,20H2,4-6H3;6H,2-5H2,1H3;3-4H2,1-2H3/t26-,27-,28?,30?,31?;;/m0../s1. The highest BCUT2D eigenvalue weighted by Crippen LogP contribution is 2.47. The molecule has 3 unspecified atom stereocenters. The highest BCUT2D eigenvalue weighted by atomic mass is 16.5. The third-order valence-electron chi connectivity index (χ3n) is 11.7. The number of likely N-dealkylation sites (tertiary alicyclic amines) is 1. The predicted octanol–water partition coefficient (Wildman–Crippen LogP) is 8.44. The van der Waals surface area contributed by atoms with Gasteiger partial charge in [-0.05, 0) is 73.5 Å². The molecule has 1 heterocycles. The minimum absolute atomic E-state index is 0.0382. The van der Waals surface area contributed by atoms with E-state index in [0.717, 1.165) is 50.0 Å². The topological polar surface area (TPSA) is 99.8 Å². The van der Waals surface area contributed by atoms with Crippen molar-refractivity contribution < 1.29 is 19.1 Å².